The van der Waals surface area contributed by atoms with Crippen LogP contribution in [0, 0.1) is 0 Å². The Labute approximate surface area is 133 Å². The molecule has 0 atom stereocenters. The van der Waals surface area contributed by atoms with Crippen LogP contribution < -0.4 is 15.4 Å². The lowest BCUT2D eigenvalue weighted by molar-refractivity contribution is -0.123. The molecular formula is C16H15ClN2O3. The van der Waals surface area contributed by atoms with Crippen LogP contribution in [0.4, 0.5) is 11.4 Å². The molecule has 0 aliphatic carbocycles. The normalized spacial score (nSPS) is 9.91. The van der Waals surface area contributed by atoms with E-state index in [4.69, 9.17) is 16.3 Å². The molecule has 0 saturated carbocycles. The number of carbonyl (C=O) groups is 2. The molecule has 0 aliphatic heterocycles. The number of hydrogen-bond donors (Lipinski definition) is 2. The van der Waals surface area contributed by atoms with Gasteiger partial charge < -0.3 is 15.4 Å². The molecule has 0 spiro atoms. The van der Waals surface area contributed by atoms with E-state index in [2.05, 4.69) is 10.6 Å². The monoisotopic (exact) mass is 318 g/mol. The van der Waals surface area contributed by atoms with Crippen LogP contribution in [-0.2, 0) is 9.59 Å². The minimum atomic E-state index is -0.395. The quantitative estimate of drug-likeness (QED) is 0.831. The largest absolute Gasteiger partial charge is 0.497 e. The van der Waals surface area contributed by atoms with Gasteiger partial charge >= 0.3 is 0 Å². The molecular weight excluding hydrogens is 304 g/mol. The van der Waals surface area contributed by atoms with Crippen molar-refractivity contribution in [3.05, 3.63) is 53.6 Å². The van der Waals surface area contributed by atoms with E-state index >= 15 is 0 Å². The summed E-state index contributed by atoms with van der Waals surface area (Å²) in [6.07, 6.45) is -0.269. The number of rotatable bonds is 5. The van der Waals surface area contributed by atoms with Crippen molar-refractivity contribution in [1.29, 1.82) is 0 Å². The fraction of sp³-hybridized carbons (Fsp3) is 0.125. The topological polar surface area (TPSA) is 67.4 Å². The highest BCUT2D eigenvalue weighted by Crippen LogP contribution is 2.16. The van der Waals surface area contributed by atoms with Gasteiger partial charge in [-0.3, -0.25) is 9.59 Å². The summed E-state index contributed by atoms with van der Waals surface area (Å²) in [5.74, 6) is -0.0940. The second-order valence-electron chi connectivity index (χ2n) is 4.51. The SMILES string of the molecule is COc1ccc(NC(=O)CC(=O)Nc2ccc(Cl)cc2)cc1. The van der Waals surface area contributed by atoms with Crippen molar-refractivity contribution in [2.45, 2.75) is 6.42 Å². The van der Waals surface area contributed by atoms with Gasteiger partial charge in [0, 0.05) is 16.4 Å². The Bertz CT molecular complexity index is 654. The summed E-state index contributed by atoms with van der Waals surface area (Å²) >= 11 is 5.76. The number of benzene rings is 2. The van der Waals surface area contributed by atoms with E-state index in [0.29, 0.717) is 22.1 Å². The lowest BCUT2D eigenvalue weighted by atomic mass is 10.2. The molecule has 2 N–H and O–H groups in total. The molecule has 0 aliphatic rings. The molecule has 2 rings (SSSR count). The van der Waals surface area contributed by atoms with Gasteiger partial charge in [-0.25, -0.2) is 0 Å². The first-order chi connectivity index (χ1) is 10.6. The summed E-state index contributed by atoms with van der Waals surface area (Å²) in [4.78, 5) is 23.6. The van der Waals surface area contributed by atoms with Crippen molar-refractivity contribution >= 4 is 34.8 Å². The Morgan fingerprint density at radius 2 is 1.36 bits per heavy atom. The van der Waals surface area contributed by atoms with Gasteiger partial charge in [0.05, 0.1) is 7.11 Å². The smallest absolute Gasteiger partial charge is 0.233 e. The number of carbonyl (C=O) groups excluding carboxylic acids is 2. The van der Waals surface area contributed by atoms with Crippen molar-refractivity contribution in [2.24, 2.45) is 0 Å². The zero-order valence-electron chi connectivity index (χ0n) is 11.9. The fourth-order valence-corrected chi connectivity index (χ4v) is 1.89. The predicted molar refractivity (Wildman–Crippen MR) is 86.3 cm³/mol. The molecule has 6 heteroatoms. The summed E-state index contributed by atoms with van der Waals surface area (Å²) in [5, 5.41) is 5.85. The van der Waals surface area contributed by atoms with Crippen LogP contribution in [0.25, 0.3) is 0 Å². The lowest BCUT2D eigenvalue weighted by Crippen LogP contribution is -2.21. The molecule has 2 amide bonds. The summed E-state index contributed by atoms with van der Waals surface area (Å²) in [5.41, 5.74) is 1.19. The van der Waals surface area contributed by atoms with Gasteiger partial charge in [0.2, 0.25) is 11.8 Å². The van der Waals surface area contributed by atoms with Gasteiger partial charge in [0.25, 0.3) is 0 Å². The molecule has 0 aromatic heterocycles. The molecule has 0 radical (unpaired) electrons. The molecule has 2 aromatic rings. The summed E-state index contributed by atoms with van der Waals surface area (Å²) in [7, 11) is 1.56. The van der Waals surface area contributed by atoms with Crippen LogP contribution in [0.5, 0.6) is 5.75 Å². The van der Waals surface area contributed by atoms with Crippen molar-refractivity contribution < 1.29 is 14.3 Å². The summed E-state index contributed by atoms with van der Waals surface area (Å²) < 4.78 is 5.03. The fourth-order valence-electron chi connectivity index (χ4n) is 1.76. The second kappa shape index (κ2) is 7.47. The lowest BCUT2D eigenvalue weighted by Gasteiger charge is -2.07. The Balaban J connectivity index is 1.85. The number of ether oxygens (including phenoxy) is 1. The third-order valence-corrected chi connectivity index (χ3v) is 3.07. The second-order valence-corrected chi connectivity index (χ2v) is 4.94. The van der Waals surface area contributed by atoms with E-state index in [1.54, 1.807) is 55.6 Å². The molecule has 0 unspecified atom stereocenters. The molecule has 22 heavy (non-hydrogen) atoms. The number of hydrogen-bond acceptors (Lipinski definition) is 3. The van der Waals surface area contributed by atoms with E-state index in [-0.39, 0.29) is 6.42 Å². The van der Waals surface area contributed by atoms with E-state index in [0.717, 1.165) is 0 Å². The molecule has 2 aromatic carbocycles. The number of amides is 2. The Morgan fingerprint density at radius 3 is 1.82 bits per heavy atom. The van der Waals surface area contributed by atoms with Crippen molar-refractivity contribution in [2.75, 3.05) is 17.7 Å². The van der Waals surface area contributed by atoms with Gasteiger partial charge in [0.1, 0.15) is 12.2 Å². The highest BCUT2D eigenvalue weighted by atomic mass is 35.5. The van der Waals surface area contributed by atoms with Crippen LogP contribution in [0.2, 0.25) is 5.02 Å². The highest BCUT2D eigenvalue weighted by molar-refractivity contribution is 6.30. The van der Waals surface area contributed by atoms with Crippen LogP contribution >= 0.6 is 11.6 Å². The molecule has 114 valence electrons. The first-order valence-electron chi connectivity index (χ1n) is 6.56. The van der Waals surface area contributed by atoms with Gasteiger partial charge in [0.15, 0.2) is 0 Å². The first-order valence-corrected chi connectivity index (χ1v) is 6.94. The summed E-state index contributed by atoms with van der Waals surface area (Å²) in [6.45, 7) is 0. The Morgan fingerprint density at radius 1 is 0.909 bits per heavy atom. The predicted octanol–water partition coefficient (Wildman–Crippen LogP) is 3.32. The van der Waals surface area contributed by atoms with E-state index in [1.165, 1.54) is 0 Å². The number of anilines is 2. The zero-order chi connectivity index (χ0) is 15.9. The molecule has 0 bridgehead atoms. The molecule has 0 saturated heterocycles. The molecule has 5 nitrogen and oxygen atoms in total. The number of halogens is 1. The van der Waals surface area contributed by atoms with Crippen LogP contribution in [0.15, 0.2) is 48.5 Å². The Kier molecular flexibility index (Phi) is 5.38. The van der Waals surface area contributed by atoms with Gasteiger partial charge in [-0.15, -0.1) is 0 Å². The average molecular weight is 319 g/mol. The Hall–Kier alpha value is -2.53. The van der Waals surface area contributed by atoms with Crippen molar-refractivity contribution in [1.82, 2.24) is 0 Å². The maximum Gasteiger partial charge on any atom is 0.233 e. The van der Waals surface area contributed by atoms with E-state index in [9.17, 15) is 9.59 Å². The first kappa shape index (κ1) is 15.9. The molecule has 0 heterocycles. The van der Waals surface area contributed by atoms with Gasteiger partial charge in [-0.2, -0.15) is 0 Å². The van der Waals surface area contributed by atoms with Crippen LogP contribution in [0.1, 0.15) is 6.42 Å². The average Bonchev–Trinajstić information content (AvgIpc) is 2.50. The van der Waals surface area contributed by atoms with Crippen molar-refractivity contribution in [3.8, 4) is 5.75 Å². The minimum Gasteiger partial charge on any atom is -0.497 e. The van der Waals surface area contributed by atoms with E-state index < -0.39 is 11.8 Å². The molecule has 0 fully saturated rings. The van der Waals surface area contributed by atoms with Crippen molar-refractivity contribution in [3.63, 3.8) is 0 Å². The van der Waals surface area contributed by atoms with Gasteiger partial charge in [-0.05, 0) is 48.5 Å². The third-order valence-electron chi connectivity index (χ3n) is 2.82. The zero-order valence-corrected chi connectivity index (χ0v) is 12.7. The van der Waals surface area contributed by atoms with Crippen LogP contribution in [-0.4, -0.2) is 18.9 Å². The highest BCUT2D eigenvalue weighted by Gasteiger charge is 2.10. The number of nitrogens with one attached hydrogen (secondary N) is 2. The standard InChI is InChI=1S/C16H15ClN2O3/c1-22-14-8-6-13(7-9-14)19-16(21)10-15(20)18-12-4-2-11(17)3-5-12/h2-9H,10H2,1H3,(H,18,20)(H,19,21). The minimum absolute atomic E-state index is 0.269. The third kappa shape index (κ3) is 4.79. The van der Waals surface area contributed by atoms with Gasteiger partial charge in [-0.1, -0.05) is 11.6 Å². The summed E-state index contributed by atoms with van der Waals surface area (Å²) in [6, 6.07) is 13.5. The number of methoxy groups -OCH3 is 1. The van der Waals surface area contributed by atoms with E-state index in [1.807, 2.05) is 0 Å². The van der Waals surface area contributed by atoms with Crippen LogP contribution in [0.3, 0.4) is 0 Å². The maximum absolute atomic E-state index is 11.8. The maximum atomic E-state index is 11.8.